The highest BCUT2D eigenvalue weighted by atomic mass is 35.5. The first-order valence-electron chi connectivity index (χ1n) is 33.1. The standard InChI is InChI=1S/C13H16N2O7.C12H14N2O10S.4C7H8ClNO4.C6H6ClNO7S/c1-3-7-5-9(16)14(11(7)18)21-13(20)22-15-10(17)6-8(4-2)12(15)19;1-4-5(2)9(16)13(8(4)15)21-12(19)22-14-10(17)6(3)7(11(14)18)25-24-23-20;4*1-2-4-3-5(10)9(6(4)11)13-7(8)12;1-2-3(16-15-14-12)5(10)8(4(2)9)13-6(7)11/h7-8H,3-6H2,1-2H3;4-7,20H,1-3H3;4*4H,2-3H2,1H3;2-3,12H,1H3. The number of halogens is 5. The lowest BCUT2D eigenvalue weighted by Crippen LogP contribution is -2.39. The van der Waals surface area contributed by atoms with Crippen molar-refractivity contribution >= 4 is 228 Å². The number of hydrogen-bond donors (Lipinski definition) is 2. The topological polar surface area (TPSA) is 616 Å². The molecule has 49 nitrogen and oxygen atoms in total. The molecule has 9 aliphatic heterocycles. The predicted octanol–water partition coefficient (Wildman–Crippen LogP) is 5.56. The van der Waals surface area contributed by atoms with Crippen LogP contribution in [0.4, 0.5) is 33.6 Å². The number of hydroxylamine groups is 18. The second kappa shape index (κ2) is 46.0. The Morgan fingerprint density at radius 1 is 0.278 bits per heavy atom. The summed E-state index contributed by atoms with van der Waals surface area (Å²) in [6.07, 6.45) is 0.173. The van der Waals surface area contributed by atoms with Gasteiger partial charge in [0.15, 0.2) is 0 Å². The largest absolute Gasteiger partial charge is 0.560 e. The van der Waals surface area contributed by atoms with Gasteiger partial charge in [-0.2, -0.15) is 9.59 Å². The smallest absolute Gasteiger partial charge is 0.315 e. The molecule has 0 aromatic carbocycles. The van der Waals surface area contributed by atoms with Gasteiger partial charge in [-0.05, 0) is 38.5 Å². The highest BCUT2D eigenvalue weighted by molar-refractivity contribution is 7.96. The number of imide groups is 9. The van der Waals surface area contributed by atoms with E-state index in [4.69, 9.17) is 68.5 Å². The molecular weight excluding hydrogens is 1720 g/mol. The summed E-state index contributed by atoms with van der Waals surface area (Å²) in [6.45, 7) is 16.3. The second-order valence-corrected chi connectivity index (χ2v) is 27.1. The van der Waals surface area contributed by atoms with Gasteiger partial charge in [-0.1, -0.05) is 105 Å². The van der Waals surface area contributed by atoms with Gasteiger partial charge in [0.2, 0.25) is 0 Å². The van der Waals surface area contributed by atoms with Crippen molar-refractivity contribution in [1.82, 2.24) is 45.6 Å². The number of carbonyl (C=O) groups excluding carboxylic acids is 25. The zero-order valence-corrected chi connectivity index (χ0v) is 66.5. The van der Waals surface area contributed by atoms with Crippen LogP contribution in [-0.2, 0) is 149 Å². The Hall–Kier alpha value is -9.94. The van der Waals surface area contributed by atoms with Crippen LogP contribution in [0.25, 0.3) is 0 Å². The van der Waals surface area contributed by atoms with Gasteiger partial charge in [0.05, 0.1) is 59.2 Å². The highest BCUT2D eigenvalue weighted by Crippen LogP contribution is 2.35. The van der Waals surface area contributed by atoms with Crippen LogP contribution in [0.3, 0.4) is 0 Å². The molecule has 12 atom stereocenters. The van der Waals surface area contributed by atoms with Crippen LogP contribution in [0.2, 0.25) is 0 Å². The molecule has 2 N–H and O–H groups in total. The number of carbonyl (C=O) groups is 25. The first-order chi connectivity index (χ1) is 53.8. The normalized spacial score (nSPS) is 24.8. The average molecular weight is 1780 g/mol. The van der Waals surface area contributed by atoms with Crippen molar-refractivity contribution in [2.24, 2.45) is 59.2 Å². The molecule has 9 fully saturated rings. The van der Waals surface area contributed by atoms with Gasteiger partial charge in [-0.15, -0.1) is 28.9 Å². The monoisotopic (exact) mass is 1780 g/mol. The summed E-state index contributed by atoms with van der Waals surface area (Å²) in [5.41, 5.74) is -6.03. The maximum Gasteiger partial charge on any atom is 0.560 e. The molecule has 0 saturated carbocycles. The molecule has 0 aliphatic carbocycles. The predicted molar refractivity (Wildman–Crippen MR) is 363 cm³/mol. The Morgan fingerprint density at radius 3 is 0.626 bits per heavy atom. The maximum atomic E-state index is 12.0. The summed E-state index contributed by atoms with van der Waals surface area (Å²) in [6, 6.07) is 0. The Labute approximate surface area is 678 Å². The van der Waals surface area contributed by atoms with Crippen LogP contribution in [0.15, 0.2) is 0 Å². The lowest BCUT2D eigenvalue weighted by atomic mass is 10.00. The average Bonchev–Trinajstić information content (AvgIpc) is 1.65. The van der Waals surface area contributed by atoms with Gasteiger partial charge in [0.1, 0.15) is 10.5 Å². The highest BCUT2D eigenvalue weighted by Gasteiger charge is 2.53. The van der Waals surface area contributed by atoms with Crippen LogP contribution in [-0.4, -0.2) is 212 Å². The summed E-state index contributed by atoms with van der Waals surface area (Å²) < 4.78 is 8.18. The van der Waals surface area contributed by atoms with Crippen molar-refractivity contribution in [3.8, 4) is 0 Å². The fraction of sp³-hybridized carbons (Fsp3) is 0.576. The molecule has 56 heteroatoms. The van der Waals surface area contributed by atoms with E-state index in [1.165, 1.54) is 27.7 Å². The Morgan fingerprint density at radius 2 is 0.443 bits per heavy atom. The molecule has 0 bridgehead atoms. The van der Waals surface area contributed by atoms with E-state index in [-0.39, 0.29) is 77.4 Å². The lowest BCUT2D eigenvalue weighted by Gasteiger charge is -2.16. The van der Waals surface area contributed by atoms with Crippen molar-refractivity contribution < 1.29 is 193 Å². The molecule has 0 spiro atoms. The number of amides is 18. The van der Waals surface area contributed by atoms with Crippen LogP contribution in [0.5, 0.6) is 0 Å². The summed E-state index contributed by atoms with van der Waals surface area (Å²) in [7, 11) is 0. The molecule has 18 amide bonds. The van der Waals surface area contributed by atoms with Gasteiger partial charge < -0.3 is 24.2 Å². The molecule has 9 heterocycles. The molecule has 9 saturated heterocycles. The fourth-order valence-corrected chi connectivity index (χ4v) is 11.8. The Balaban J connectivity index is 0.000000353. The molecule has 0 aromatic heterocycles. The van der Waals surface area contributed by atoms with Gasteiger partial charge in [-0.3, -0.25) is 106 Å². The molecule has 115 heavy (non-hydrogen) atoms. The van der Waals surface area contributed by atoms with Crippen LogP contribution < -0.4 is 0 Å². The van der Waals surface area contributed by atoms with Crippen LogP contribution in [0, 0.1) is 59.2 Å². The summed E-state index contributed by atoms with van der Waals surface area (Å²) in [4.78, 5) is 321. The molecule has 9 rings (SSSR count). The number of rotatable bonds is 21. The van der Waals surface area contributed by atoms with Crippen molar-refractivity contribution in [2.45, 2.75) is 157 Å². The fourth-order valence-electron chi connectivity index (χ4n) is 10.2. The molecule has 12 unspecified atom stereocenters. The van der Waals surface area contributed by atoms with Gasteiger partial charge in [0.25, 0.3) is 106 Å². The van der Waals surface area contributed by atoms with Gasteiger partial charge >= 0.3 is 39.5 Å². The quantitative estimate of drug-likeness (QED) is 0.0467. The zero-order valence-electron chi connectivity index (χ0n) is 61.1. The third-order valence-corrected chi connectivity index (χ3v) is 19.1. The Bertz CT molecular complexity index is 3600. The van der Waals surface area contributed by atoms with Crippen molar-refractivity contribution in [2.75, 3.05) is 0 Å². The van der Waals surface area contributed by atoms with E-state index in [1.807, 2.05) is 0 Å². The summed E-state index contributed by atoms with van der Waals surface area (Å²) in [5, 5.41) is 23.5. The minimum Gasteiger partial charge on any atom is -0.315 e. The first-order valence-corrected chi connectivity index (χ1v) is 36.6. The van der Waals surface area contributed by atoms with E-state index in [1.54, 1.807) is 41.5 Å². The molecule has 636 valence electrons. The van der Waals surface area contributed by atoms with Gasteiger partial charge in [0, 0.05) is 121 Å². The third kappa shape index (κ3) is 26.5. The zero-order chi connectivity index (χ0) is 87.6. The van der Waals surface area contributed by atoms with Crippen LogP contribution >= 0.6 is 82.1 Å². The van der Waals surface area contributed by atoms with Crippen molar-refractivity contribution in [3.05, 3.63) is 0 Å². The molecule has 0 radical (unpaired) electrons. The number of hydrogen-bond acceptors (Lipinski definition) is 42. The van der Waals surface area contributed by atoms with E-state index >= 15 is 0 Å². The van der Waals surface area contributed by atoms with E-state index in [0.717, 1.165) is 0 Å². The van der Waals surface area contributed by atoms with E-state index < -0.39 is 192 Å². The first kappa shape index (κ1) is 99.3. The van der Waals surface area contributed by atoms with Gasteiger partial charge in [-0.25, -0.2) is 34.5 Å². The molecule has 9 aliphatic rings. The Kier molecular flexibility index (Phi) is 39.7. The lowest BCUT2D eigenvalue weighted by molar-refractivity contribution is -0.432. The van der Waals surface area contributed by atoms with Crippen molar-refractivity contribution in [1.29, 1.82) is 0 Å². The van der Waals surface area contributed by atoms with Crippen molar-refractivity contribution in [3.63, 3.8) is 0 Å². The van der Waals surface area contributed by atoms with E-state index in [0.29, 0.717) is 93.0 Å². The minimum absolute atomic E-state index is 0.0535. The van der Waals surface area contributed by atoms with E-state index in [2.05, 4.69) is 62.3 Å². The minimum atomic E-state index is -1.61. The van der Waals surface area contributed by atoms with Crippen LogP contribution in [0.1, 0.15) is 146 Å². The summed E-state index contributed by atoms with van der Waals surface area (Å²) >= 11 is 25.1. The molecular formula is C59H68Cl5N9O40S2. The maximum absolute atomic E-state index is 12.0. The third-order valence-electron chi connectivity index (χ3n) is 16.9. The SMILES string of the molecule is CC1C(=O)N(OC(=O)Cl)C(=O)C1SOOO.CC1C(=O)N(OC(=O)ON2C(=O)C(C)C(SOOO)C2=O)C(=O)C1C.CCC1CC(=O)N(OC(=O)Cl)C1=O.CCC1CC(=O)N(OC(=O)Cl)C1=O.CCC1CC(=O)N(OC(=O)Cl)C1=O.CCC1CC(=O)N(OC(=O)Cl)C1=O.CCC1CC(=O)N(OC(=O)ON2C(=O)CC(CC)C2=O)C1=O. The van der Waals surface area contributed by atoms with E-state index in [9.17, 15) is 120 Å². The summed E-state index contributed by atoms with van der Waals surface area (Å²) in [5.74, 6) is -17.4. The second-order valence-electron chi connectivity index (χ2n) is 23.9. The number of nitrogens with zero attached hydrogens (tertiary/aromatic N) is 9. The molecule has 0 aromatic rings.